The summed E-state index contributed by atoms with van der Waals surface area (Å²) in [5, 5.41) is 0. The van der Waals surface area contributed by atoms with E-state index in [0.717, 1.165) is 45.6 Å². The normalized spacial score (nSPS) is 11.9. The van der Waals surface area contributed by atoms with Crippen molar-refractivity contribution in [2.24, 2.45) is 0 Å². The van der Waals surface area contributed by atoms with Crippen molar-refractivity contribution in [3.63, 3.8) is 0 Å². The van der Waals surface area contributed by atoms with Gasteiger partial charge in [0.25, 0.3) is 0 Å². The van der Waals surface area contributed by atoms with Crippen molar-refractivity contribution in [1.82, 2.24) is 15.0 Å². The van der Waals surface area contributed by atoms with Crippen molar-refractivity contribution in [1.29, 1.82) is 0 Å². The first-order valence-electron chi connectivity index (χ1n) is 18.3. The van der Waals surface area contributed by atoms with Gasteiger partial charge in [-0.1, -0.05) is 170 Å². The molecule has 0 fully saturated rings. The molecule has 0 radical (unpaired) electrons. The molecule has 0 spiro atoms. The minimum absolute atomic E-state index is 0.648. The Morgan fingerprint density at radius 2 is 0.833 bits per heavy atom. The molecule has 4 heteroatoms. The summed E-state index contributed by atoms with van der Waals surface area (Å²) in [4.78, 5) is 16.9. The van der Waals surface area contributed by atoms with Crippen LogP contribution in [0.3, 0.4) is 0 Å². The van der Waals surface area contributed by atoms with E-state index in [1.165, 1.54) is 33.5 Å². The summed E-state index contributed by atoms with van der Waals surface area (Å²) >= 11 is 0. The molecule has 0 saturated heterocycles. The molecule has 4 nitrogen and oxygen atoms in total. The van der Waals surface area contributed by atoms with Crippen LogP contribution < -0.4 is 4.90 Å². The highest BCUT2D eigenvalue weighted by molar-refractivity contribution is 5.83. The SMILES string of the molecule is CCC1=C=Cc2ccccc2N1c1cccc(-c2cccc(-c3ccc(-c4ccc(-c5nc(-c6ccccc6)nc(-c6ccccc6)n5)cc4)cc3)c2)c1. The highest BCUT2D eigenvalue weighted by Gasteiger charge is 2.19. The van der Waals surface area contributed by atoms with Crippen LogP contribution in [0.4, 0.5) is 11.4 Å². The van der Waals surface area contributed by atoms with Crippen LogP contribution in [0.2, 0.25) is 0 Å². The molecule has 2 heterocycles. The highest BCUT2D eigenvalue weighted by Crippen LogP contribution is 2.39. The molecule has 0 unspecified atom stereocenters. The van der Waals surface area contributed by atoms with Crippen LogP contribution >= 0.6 is 0 Å². The molecule has 0 saturated carbocycles. The molecule has 7 aromatic carbocycles. The maximum Gasteiger partial charge on any atom is 0.164 e. The fraction of sp³-hybridized carbons (Fsp3) is 0.0400. The number of anilines is 2. The van der Waals surface area contributed by atoms with Crippen molar-refractivity contribution in [2.45, 2.75) is 13.3 Å². The Hall–Kier alpha value is -7.13. The number of fused-ring (bicyclic) bond motifs is 1. The van der Waals surface area contributed by atoms with Gasteiger partial charge in [0, 0.05) is 27.9 Å². The predicted octanol–water partition coefficient (Wildman–Crippen LogP) is 12.9. The number of hydrogen-bond acceptors (Lipinski definition) is 4. The van der Waals surface area contributed by atoms with E-state index in [1.807, 2.05) is 60.7 Å². The van der Waals surface area contributed by atoms with Crippen LogP contribution in [0.5, 0.6) is 0 Å². The maximum atomic E-state index is 4.89. The molecule has 0 atom stereocenters. The van der Waals surface area contributed by atoms with Gasteiger partial charge in [0.1, 0.15) is 0 Å². The topological polar surface area (TPSA) is 41.9 Å². The molecular weight excluding hydrogens is 657 g/mol. The molecule has 1 aromatic heterocycles. The lowest BCUT2D eigenvalue weighted by molar-refractivity contribution is 1.01. The van der Waals surface area contributed by atoms with Crippen LogP contribution in [0, 0.1) is 0 Å². The zero-order valence-corrected chi connectivity index (χ0v) is 29.9. The molecule has 9 rings (SSSR count). The van der Waals surface area contributed by atoms with Gasteiger partial charge in [0.15, 0.2) is 17.5 Å². The van der Waals surface area contributed by atoms with Crippen LogP contribution in [0.1, 0.15) is 18.9 Å². The average molecular weight is 693 g/mol. The van der Waals surface area contributed by atoms with Crippen LogP contribution in [-0.4, -0.2) is 15.0 Å². The van der Waals surface area contributed by atoms with E-state index in [-0.39, 0.29) is 0 Å². The van der Waals surface area contributed by atoms with Crippen molar-refractivity contribution in [3.05, 3.63) is 199 Å². The number of nitrogens with zero attached hydrogens (tertiary/aromatic N) is 4. The van der Waals surface area contributed by atoms with Gasteiger partial charge in [0.2, 0.25) is 0 Å². The van der Waals surface area contributed by atoms with Gasteiger partial charge in [-0.3, -0.25) is 0 Å². The smallest absolute Gasteiger partial charge is 0.164 e. The molecule has 54 heavy (non-hydrogen) atoms. The summed E-state index contributed by atoms with van der Waals surface area (Å²) in [6.45, 7) is 2.19. The Balaban J connectivity index is 0.973. The van der Waals surface area contributed by atoms with Crippen LogP contribution in [0.25, 0.3) is 73.6 Å². The van der Waals surface area contributed by atoms with E-state index in [2.05, 4.69) is 145 Å². The van der Waals surface area contributed by atoms with E-state index < -0.39 is 0 Å². The molecule has 0 N–H and O–H groups in total. The number of allylic oxidation sites excluding steroid dienone is 1. The van der Waals surface area contributed by atoms with E-state index >= 15 is 0 Å². The third kappa shape index (κ3) is 6.54. The second-order valence-electron chi connectivity index (χ2n) is 13.3. The van der Waals surface area contributed by atoms with Gasteiger partial charge in [-0.05, 0) is 70.1 Å². The second-order valence-corrected chi connectivity index (χ2v) is 13.3. The number of aromatic nitrogens is 3. The average Bonchev–Trinajstić information content (AvgIpc) is 3.26. The van der Waals surface area contributed by atoms with Crippen molar-refractivity contribution in [2.75, 3.05) is 4.90 Å². The fourth-order valence-corrected chi connectivity index (χ4v) is 7.05. The maximum absolute atomic E-state index is 4.89. The number of hydrogen-bond donors (Lipinski definition) is 0. The van der Waals surface area contributed by atoms with Gasteiger partial charge in [0.05, 0.1) is 11.4 Å². The fourth-order valence-electron chi connectivity index (χ4n) is 7.05. The van der Waals surface area contributed by atoms with Crippen LogP contribution in [0.15, 0.2) is 193 Å². The summed E-state index contributed by atoms with van der Waals surface area (Å²) in [6, 6.07) is 63.5. The molecule has 256 valence electrons. The minimum atomic E-state index is 0.648. The Bertz CT molecular complexity index is 2600. The lowest BCUT2D eigenvalue weighted by atomic mass is 9.96. The zero-order chi connectivity index (χ0) is 36.3. The lowest BCUT2D eigenvalue weighted by Crippen LogP contribution is -2.18. The monoisotopic (exact) mass is 692 g/mol. The van der Waals surface area contributed by atoms with Gasteiger partial charge >= 0.3 is 0 Å². The molecule has 0 bridgehead atoms. The van der Waals surface area contributed by atoms with E-state index in [0.29, 0.717) is 17.5 Å². The molecule has 1 aliphatic heterocycles. The van der Waals surface area contributed by atoms with Crippen molar-refractivity contribution < 1.29 is 0 Å². The second kappa shape index (κ2) is 14.5. The van der Waals surface area contributed by atoms with E-state index in [9.17, 15) is 0 Å². The van der Waals surface area contributed by atoms with Crippen molar-refractivity contribution in [3.8, 4) is 67.5 Å². The summed E-state index contributed by atoms with van der Waals surface area (Å²) in [5.41, 5.74) is 18.0. The molecule has 0 aliphatic carbocycles. The number of benzene rings is 7. The molecular formula is C50H36N4. The zero-order valence-electron chi connectivity index (χ0n) is 29.9. The summed E-state index contributed by atoms with van der Waals surface area (Å²) in [7, 11) is 0. The first-order chi connectivity index (χ1) is 26.7. The molecule has 0 amide bonds. The minimum Gasteiger partial charge on any atom is -0.307 e. The van der Waals surface area contributed by atoms with E-state index in [1.54, 1.807) is 0 Å². The molecule has 8 aromatic rings. The number of rotatable bonds is 8. The third-order valence-corrected chi connectivity index (χ3v) is 9.87. The quantitative estimate of drug-likeness (QED) is 0.149. The summed E-state index contributed by atoms with van der Waals surface area (Å²) in [5.74, 6) is 1.96. The first kappa shape index (κ1) is 32.8. The summed E-state index contributed by atoms with van der Waals surface area (Å²) in [6.07, 6.45) is 2.99. The predicted molar refractivity (Wildman–Crippen MR) is 223 cm³/mol. The largest absolute Gasteiger partial charge is 0.307 e. The van der Waals surface area contributed by atoms with Crippen molar-refractivity contribution >= 4 is 17.5 Å². The van der Waals surface area contributed by atoms with Gasteiger partial charge < -0.3 is 4.90 Å². The van der Waals surface area contributed by atoms with Crippen LogP contribution in [-0.2, 0) is 0 Å². The Labute approximate surface area is 316 Å². The highest BCUT2D eigenvalue weighted by atomic mass is 15.2. The standard InChI is InChI=1S/C50H36N4/c1-2-45-32-31-38-13-9-10-22-47(38)54(45)46-21-12-20-44(34-46)43-19-11-18-42(33-43)37-25-23-35(24-26-37)36-27-29-41(30-28-36)50-52-48(39-14-5-3-6-15-39)51-49(53-50)40-16-7-4-8-17-40/h3-31,33-34H,2H2,1H3. The molecule has 1 aliphatic rings. The summed E-state index contributed by atoms with van der Waals surface area (Å²) < 4.78 is 0. The first-order valence-corrected chi connectivity index (χ1v) is 18.3. The number of para-hydroxylation sites is 1. The Morgan fingerprint density at radius 1 is 0.407 bits per heavy atom. The Kier molecular flexibility index (Phi) is 8.78. The van der Waals surface area contributed by atoms with E-state index in [4.69, 9.17) is 15.0 Å². The Morgan fingerprint density at radius 3 is 1.41 bits per heavy atom. The lowest BCUT2D eigenvalue weighted by Gasteiger charge is -2.29. The third-order valence-electron chi connectivity index (χ3n) is 9.87. The van der Waals surface area contributed by atoms with Gasteiger partial charge in [-0.15, -0.1) is 0 Å². The van der Waals surface area contributed by atoms with Gasteiger partial charge in [-0.25, -0.2) is 15.0 Å². The van der Waals surface area contributed by atoms with Gasteiger partial charge in [-0.2, -0.15) is 0 Å².